The van der Waals surface area contributed by atoms with Gasteiger partial charge in [-0.05, 0) is 32.3 Å². The van der Waals surface area contributed by atoms with Gasteiger partial charge in [0, 0.05) is 6.08 Å². The number of allylic oxidation sites excluding steroid dienone is 2. The largest absolute Gasteiger partial charge is 0.495 e. The number of hydrogen-bond acceptors (Lipinski definition) is 3. The summed E-state index contributed by atoms with van der Waals surface area (Å²) in [7, 11) is 0. The molecule has 0 aromatic rings. The van der Waals surface area contributed by atoms with Crippen LogP contribution in [0.2, 0.25) is 0 Å². The van der Waals surface area contributed by atoms with Crippen molar-refractivity contribution in [1.29, 1.82) is 0 Å². The zero-order valence-corrected chi connectivity index (χ0v) is 8.66. The third-order valence-corrected chi connectivity index (χ3v) is 2.04. The van der Waals surface area contributed by atoms with Crippen LogP contribution in [0.5, 0.6) is 0 Å². The average Bonchev–Trinajstić information content (AvgIpc) is 2.17. The quantitative estimate of drug-likeness (QED) is 0.512. The molecule has 0 radical (unpaired) electrons. The number of rotatable bonds is 3. The number of ether oxygens (including phenoxy) is 2. The molecule has 0 aromatic carbocycles. The molecule has 1 aliphatic heterocycles. The van der Waals surface area contributed by atoms with Gasteiger partial charge in [-0.1, -0.05) is 6.08 Å². The topological polar surface area (TPSA) is 35.5 Å². The van der Waals surface area contributed by atoms with Gasteiger partial charge in [0.1, 0.15) is 12.7 Å². The molecule has 1 atom stereocenters. The summed E-state index contributed by atoms with van der Waals surface area (Å²) >= 11 is 0. The normalized spacial score (nSPS) is 21.6. The molecule has 1 heterocycles. The second kappa shape index (κ2) is 5.47. The lowest BCUT2D eigenvalue weighted by Gasteiger charge is -2.21. The maximum Gasteiger partial charge on any atom is 0.330 e. The maximum atomic E-state index is 11.0. The van der Waals surface area contributed by atoms with Crippen LogP contribution in [0.1, 0.15) is 26.7 Å². The van der Waals surface area contributed by atoms with Crippen LogP contribution >= 0.6 is 0 Å². The van der Waals surface area contributed by atoms with Crippen molar-refractivity contribution in [2.45, 2.75) is 32.8 Å². The van der Waals surface area contributed by atoms with Crippen LogP contribution in [0.25, 0.3) is 0 Å². The highest BCUT2D eigenvalue weighted by Crippen LogP contribution is 2.16. The molecule has 0 bridgehead atoms. The Labute approximate surface area is 84.4 Å². The van der Waals surface area contributed by atoms with Gasteiger partial charge in [0.25, 0.3) is 0 Å². The smallest absolute Gasteiger partial charge is 0.330 e. The third-order valence-electron chi connectivity index (χ3n) is 2.04. The Morgan fingerprint density at radius 2 is 2.57 bits per heavy atom. The van der Waals surface area contributed by atoms with Crippen LogP contribution in [0, 0.1) is 0 Å². The monoisotopic (exact) mass is 196 g/mol. The highest BCUT2D eigenvalue weighted by atomic mass is 16.6. The molecule has 14 heavy (non-hydrogen) atoms. The third kappa shape index (κ3) is 3.64. The summed E-state index contributed by atoms with van der Waals surface area (Å²) < 4.78 is 10.3. The first-order valence-corrected chi connectivity index (χ1v) is 4.83. The van der Waals surface area contributed by atoms with E-state index in [9.17, 15) is 4.79 Å². The van der Waals surface area contributed by atoms with Gasteiger partial charge in [-0.2, -0.15) is 0 Å². The van der Waals surface area contributed by atoms with Crippen LogP contribution in [0.15, 0.2) is 24.0 Å². The van der Waals surface area contributed by atoms with Crippen LogP contribution in [-0.4, -0.2) is 18.7 Å². The van der Waals surface area contributed by atoms with E-state index in [1.165, 1.54) is 11.6 Å². The van der Waals surface area contributed by atoms with Gasteiger partial charge in [0.2, 0.25) is 0 Å². The Balaban J connectivity index is 2.23. The minimum atomic E-state index is -0.303. The van der Waals surface area contributed by atoms with Crippen LogP contribution in [0.3, 0.4) is 0 Å². The molecule has 0 saturated heterocycles. The van der Waals surface area contributed by atoms with Gasteiger partial charge in [0.05, 0.1) is 6.26 Å². The second-order valence-electron chi connectivity index (χ2n) is 3.39. The summed E-state index contributed by atoms with van der Waals surface area (Å²) in [6.07, 6.45) is 6.78. The van der Waals surface area contributed by atoms with Crippen molar-refractivity contribution in [2.24, 2.45) is 0 Å². The Kier molecular flexibility index (Phi) is 4.23. The fraction of sp³-hybridized carbons (Fsp3) is 0.545. The SMILES string of the molecule is CC=CC(=O)OCC1CCC(C)=CO1. The van der Waals surface area contributed by atoms with Crippen molar-refractivity contribution in [2.75, 3.05) is 6.61 Å². The molecule has 3 nitrogen and oxygen atoms in total. The number of carbonyl (C=O) groups is 1. The van der Waals surface area contributed by atoms with Crippen molar-refractivity contribution in [3.8, 4) is 0 Å². The Morgan fingerprint density at radius 3 is 3.14 bits per heavy atom. The van der Waals surface area contributed by atoms with Gasteiger partial charge in [0.15, 0.2) is 0 Å². The number of carbonyl (C=O) groups excluding carboxylic acids is 1. The molecule has 78 valence electrons. The summed E-state index contributed by atoms with van der Waals surface area (Å²) in [6, 6.07) is 0. The lowest BCUT2D eigenvalue weighted by atomic mass is 10.1. The molecule has 0 aliphatic carbocycles. The van der Waals surface area contributed by atoms with Crippen LogP contribution in [0.4, 0.5) is 0 Å². The molecule has 0 saturated carbocycles. The summed E-state index contributed by atoms with van der Waals surface area (Å²) in [5.74, 6) is -0.303. The Bertz CT molecular complexity index is 253. The minimum Gasteiger partial charge on any atom is -0.495 e. The summed E-state index contributed by atoms with van der Waals surface area (Å²) in [4.78, 5) is 11.0. The maximum absolute atomic E-state index is 11.0. The molecular weight excluding hydrogens is 180 g/mol. The predicted molar refractivity (Wildman–Crippen MR) is 53.6 cm³/mol. The predicted octanol–water partition coefficient (Wildman–Crippen LogP) is 2.19. The van der Waals surface area contributed by atoms with E-state index in [1.807, 2.05) is 6.92 Å². The van der Waals surface area contributed by atoms with E-state index < -0.39 is 0 Å². The summed E-state index contributed by atoms with van der Waals surface area (Å²) in [5.41, 5.74) is 1.24. The average molecular weight is 196 g/mol. The molecule has 3 heteroatoms. The zero-order chi connectivity index (χ0) is 10.4. The van der Waals surface area contributed by atoms with E-state index >= 15 is 0 Å². The lowest BCUT2D eigenvalue weighted by molar-refractivity contribution is -0.141. The van der Waals surface area contributed by atoms with Crippen molar-refractivity contribution in [1.82, 2.24) is 0 Å². The summed E-state index contributed by atoms with van der Waals surface area (Å²) in [6.45, 7) is 4.15. The molecule has 0 aromatic heterocycles. The van der Waals surface area contributed by atoms with Crippen LogP contribution in [-0.2, 0) is 14.3 Å². The van der Waals surface area contributed by atoms with Gasteiger partial charge in [-0.3, -0.25) is 0 Å². The fourth-order valence-electron chi connectivity index (χ4n) is 1.21. The number of esters is 1. The first-order chi connectivity index (χ1) is 6.72. The molecule has 0 spiro atoms. The Hall–Kier alpha value is -1.25. The van der Waals surface area contributed by atoms with Crippen molar-refractivity contribution < 1.29 is 14.3 Å². The highest BCUT2D eigenvalue weighted by Gasteiger charge is 2.14. The molecule has 0 amide bonds. The molecule has 1 unspecified atom stereocenters. The Morgan fingerprint density at radius 1 is 1.79 bits per heavy atom. The van der Waals surface area contributed by atoms with E-state index in [0.717, 1.165) is 12.8 Å². The van der Waals surface area contributed by atoms with Gasteiger partial charge >= 0.3 is 5.97 Å². The standard InChI is InChI=1S/C11H16O3/c1-3-4-11(12)14-8-10-6-5-9(2)7-13-10/h3-4,7,10H,5-6,8H2,1-2H3. The van der Waals surface area contributed by atoms with E-state index in [2.05, 4.69) is 0 Å². The van der Waals surface area contributed by atoms with Gasteiger partial charge in [-0.15, -0.1) is 0 Å². The second-order valence-corrected chi connectivity index (χ2v) is 3.39. The first kappa shape index (κ1) is 10.8. The fourth-order valence-corrected chi connectivity index (χ4v) is 1.21. The first-order valence-electron chi connectivity index (χ1n) is 4.83. The van der Waals surface area contributed by atoms with Crippen LogP contribution < -0.4 is 0 Å². The van der Waals surface area contributed by atoms with Crippen molar-refractivity contribution in [3.63, 3.8) is 0 Å². The minimum absolute atomic E-state index is 0.0212. The number of hydrogen-bond donors (Lipinski definition) is 0. The van der Waals surface area contributed by atoms with E-state index in [-0.39, 0.29) is 12.1 Å². The summed E-state index contributed by atoms with van der Waals surface area (Å²) in [5, 5.41) is 0. The van der Waals surface area contributed by atoms with E-state index in [4.69, 9.17) is 9.47 Å². The van der Waals surface area contributed by atoms with E-state index in [0.29, 0.717) is 6.61 Å². The lowest BCUT2D eigenvalue weighted by Crippen LogP contribution is -2.22. The molecule has 0 N–H and O–H groups in total. The highest BCUT2D eigenvalue weighted by molar-refractivity contribution is 5.81. The molecule has 1 rings (SSSR count). The van der Waals surface area contributed by atoms with Crippen molar-refractivity contribution in [3.05, 3.63) is 24.0 Å². The zero-order valence-electron chi connectivity index (χ0n) is 8.66. The van der Waals surface area contributed by atoms with Gasteiger partial charge < -0.3 is 9.47 Å². The van der Waals surface area contributed by atoms with E-state index in [1.54, 1.807) is 19.3 Å². The molecule has 0 fully saturated rings. The van der Waals surface area contributed by atoms with Gasteiger partial charge in [-0.25, -0.2) is 4.79 Å². The molecular formula is C11H16O3. The van der Waals surface area contributed by atoms with Crippen molar-refractivity contribution >= 4 is 5.97 Å². The molecule has 1 aliphatic rings.